The van der Waals surface area contributed by atoms with Crippen LogP contribution >= 0.6 is 0 Å². The molecule has 1 N–H and O–H groups in total. The molecule has 104 valence electrons. The lowest BCUT2D eigenvalue weighted by atomic mass is 9.91. The maximum atomic E-state index is 14.3. The Balaban J connectivity index is 1.84. The van der Waals surface area contributed by atoms with Crippen LogP contribution in [0.1, 0.15) is 37.7 Å². The minimum Gasteiger partial charge on any atom is -0.366 e. The summed E-state index contributed by atoms with van der Waals surface area (Å²) in [5, 5.41) is 3.07. The summed E-state index contributed by atoms with van der Waals surface area (Å²) in [5.74, 6) is 0.741. The van der Waals surface area contributed by atoms with E-state index < -0.39 is 0 Å². The number of halogens is 1. The molecule has 1 heterocycles. The molecule has 2 aliphatic rings. The van der Waals surface area contributed by atoms with Crippen molar-refractivity contribution in [1.29, 1.82) is 0 Å². The SMILES string of the molecule is CNCc1ccc(N2CCCC3CCCC32)c(F)c1. The zero-order valence-electron chi connectivity index (χ0n) is 11.7. The standard InChI is InChI=1S/C16H23FN2/c1-18-11-12-7-8-16(14(17)10-12)19-9-3-5-13-4-2-6-15(13)19/h7-8,10,13,15,18H,2-6,9,11H2,1H3. The molecule has 2 atom stereocenters. The second kappa shape index (κ2) is 5.49. The van der Waals surface area contributed by atoms with Gasteiger partial charge in [-0.05, 0) is 56.3 Å². The molecule has 0 radical (unpaired) electrons. The van der Waals surface area contributed by atoms with Crippen LogP contribution in [-0.4, -0.2) is 19.6 Å². The maximum Gasteiger partial charge on any atom is 0.146 e. The molecule has 1 saturated carbocycles. The van der Waals surface area contributed by atoms with Crippen LogP contribution in [0, 0.1) is 11.7 Å². The van der Waals surface area contributed by atoms with Gasteiger partial charge < -0.3 is 10.2 Å². The zero-order valence-corrected chi connectivity index (χ0v) is 11.7. The fourth-order valence-electron chi connectivity index (χ4n) is 3.85. The molecule has 3 rings (SSSR count). The monoisotopic (exact) mass is 262 g/mol. The van der Waals surface area contributed by atoms with Crippen LogP contribution in [0.3, 0.4) is 0 Å². The third-order valence-electron chi connectivity index (χ3n) is 4.70. The molecule has 1 aliphatic heterocycles. The fraction of sp³-hybridized carbons (Fsp3) is 0.625. The molecule has 0 bridgehead atoms. The predicted octanol–water partition coefficient (Wildman–Crippen LogP) is 3.31. The quantitative estimate of drug-likeness (QED) is 0.899. The molecule has 19 heavy (non-hydrogen) atoms. The lowest BCUT2D eigenvalue weighted by Crippen LogP contribution is -2.43. The van der Waals surface area contributed by atoms with E-state index in [1.807, 2.05) is 19.2 Å². The largest absolute Gasteiger partial charge is 0.366 e. The van der Waals surface area contributed by atoms with Crippen LogP contribution in [0.5, 0.6) is 0 Å². The van der Waals surface area contributed by atoms with Gasteiger partial charge in [0.25, 0.3) is 0 Å². The second-order valence-electron chi connectivity index (χ2n) is 5.91. The van der Waals surface area contributed by atoms with Gasteiger partial charge in [0.2, 0.25) is 0 Å². The molecule has 2 unspecified atom stereocenters. The summed E-state index contributed by atoms with van der Waals surface area (Å²) in [6.07, 6.45) is 6.42. The minimum atomic E-state index is -0.0553. The van der Waals surface area contributed by atoms with Crippen molar-refractivity contribution in [3.8, 4) is 0 Å². The lowest BCUT2D eigenvalue weighted by Gasteiger charge is -2.39. The van der Waals surface area contributed by atoms with E-state index in [1.54, 1.807) is 6.07 Å². The van der Waals surface area contributed by atoms with E-state index in [0.29, 0.717) is 6.04 Å². The normalized spacial score (nSPS) is 26.5. The first-order chi connectivity index (χ1) is 9.29. The Labute approximate surface area is 115 Å². The first kappa shape index (κ1) is 12.9. The Bertz CT molecular complexity index is 446. The second-order valence-corrected chi connectivity index (χ2v) is 5.91. The number of anilines is 1. The van der Waals surface area contributed by atoms with Crippen molar-refractivity contribution < 1.29 is 4.39 Å². The van der Waals surface area contributed by atoms with Gasteiger partial charge in [-0.2, -0.15) is 0 Å². The molecule has 1 saturated heterocycles. The highest BCUT2D eigenvalue weighted by atomic mass is 19.1. The molecule has 3 heteroatoms. The van der Waals surface area contributed by atoms with Crippen molar-refractivity contribution in [2.75, 3.05) is 18.5 Å². The van der Waals surface area contributed by atoms with Crippen LogP contribution in [0.2, 0.25) is 0 Å². The Hall–Kier alpha value is -1.09. The topological polar surface area (TPSA) is 15.3 Å². The van der Waals surface area contributed by atoms with Gasteiger partial charge in [0.15, 0.2) is 0 Å². The molecule has 2 fully saturated rings. The smallest absolute Gasteiger partial charge is 0.146 e. The summed E-state index contributed by atoms with van der Waals surface area (Å²) in [6.45, 7) is 1.74. The first-order valence-electron chi connectivity index (χ1n) is 7.49. The van der Waals surface area contributed by atoms with Crippen molar-refractivity contribution in [2.24, 2.45) is 5.92 Å². The van der Waals surface area contributed by atoms with Crippen LogP contribution in [-0.2, 0) is 6.54 Å². The van der Waals surface area contributed by atoms with E-state index in [4.69, 9.17) is 0 Å². The van der Waals surface area contributed by atoms with Gasteiger partial charge in [0.1, 0.15) is 5.82 Å². The molecule has 1 aromatic carbocycles. The summed E-state index contributed by atoms with van der Waals surface area (Å²) in [6, 6.07) is 6.29. The van der Waals surface area contributed by atoms with Gasteiger partial charge in [-0.3, -0.25) is 0 Å². The summed E-state index contributed by atoms with van der Waals surface area (Å²) < 4.78 is 14.3. The van der Waals surface area contributed by atoms with Gasteiger partial charge >= 0.3 is 0 Å². The van der Waals surface area contributed by atoms with Gasteiger partial charge in [0, 0.05) is 19.1 Å². The third-order valence-corrected chi connectivity index (χ3v) is 4.70. The van der Waals surface area contributed by atoms with Crippen molar-refractivity contribution in [3.05, 3.63) is 29.6 Å². The van der Waals surface area contributed by atoms with E-state index >= 15 is 0 Å². The molecule has 1 aliphatic carbocycles. The number of hydrogen-bond donors (Lipinski definition) is 1. The van der Waals surface area contributed by atoms with E-state index in [2.05, 4.69) is 10.2 Å². The van der Waals surface area contributed by atoms with Crippen molar-refractivity contribution >= 4 is 5.69 Å². The molecule has 0 amide bonds. The molecule has 0 aromatic heterocycles. The van der Waals surface area contributed by atoms with Crippen LogP contribution in [0.15, 0.2) is 18.2 Å². The number of nitrogens with one attached hydrogen (secondary N) is 1. The lowest BCUT2D eigenvalue weighted by molar-refractivity contribution is 0.359. The molecular formula is C16H23FN2. The van der Waals surface area contributed by atoms with Crippen LogP contribution in [0.4, 0.5) is 10.1 Å². The summed E-state index contributed by atoms with van der Waals surface area (Å²) >= 11 is 0. The number of fused-ring (bicyclic) bond motifs is 1. The fourth-order valence-corrected chi connectivity index (χ4v) is 3.85. The van der Waals surface area contributed by atoms with Gasteiger partial charge in [0.05, 0.1) is 5.69 Å². The average molecular weight is 262 g/mol. The van der Waals surface area contributed by atoms with Gasteiger partial charge in [-0.25, -0.2) is 4.39 Å². The zero-order chi connectivity index (χ0) is 13.2. The Morgan fingerprint density at radius 1 is 1.26 bits per heavy atom. The average Bonchev–Trinajstić information content (AvgIpc) is 2.88. The summed E-state index contributed by atoms with van der Waals surface area (Å²) in [5.41, 5.74) is 1.83. The number of piperidine rings is 1. The summed E-state index contributed by atoms with van der Waals surface area (Å²) in [4.78, 5) is 2.33. The van der Waals surface area contributed by atoms with Gasteiger partial charge in [-0.1, -0.05) is 12.5 Å². The Morgan fingerprint density at radius 3 is 2.89 bits per heavy atom. The highest BCUT2D eigenvalue weighted by Gasteiger charge is 2.35. The highest BCUT2D eigenvalue weighted by Crippen LogP contribution is 2.39. The Kier molecular flexibility index (Phi) is 3.74. The van der Waals surface area contributed by atoms with Crippen LogP contribution in [0.25, 0.3) is 0 Å². The van der Waals surface area contributed by atoms with Crippen molar-refractivity contribution in [1.82, 2.24) is 5.32 Å². The third kappa shape index (κ3) is 2.48. The highest BCUT2D eigenvalue weighted by molar-refractivity contribution is 5.51. The van der Waals surface area contributed by atoms with Crippen molar-refractivity contribution in [3.63, 3.8) is 0 Å². The molecular weight excluding hydrogens is 239 g/mol. The molecule has 0 spiro atoms. The minimum absolute atomic E-state index is 0.0553. The molecule has 1 aromatic rings. The van der Waals surface area contributed by atoms with E-state index in [1.165, 1.54) is 32.1 Å². The van der Waals surface area contributed by atoms with Crippen LogP contribution < -0.4 is 10.2 Å². The predicted molar refractivity (Wildman–Crippen MR) is 76.9 cm³/mol. The first-order valence-corrected chi connectivity index (χ1v) is 7.49. The van der Waals surface area contributed by atoms with Gasteiger partial charge in [-0.15, -0.1) is 0 Å². The molecule has 2 nitrogen and oxygen atoms in total. The number of hydrogen-bond acceptors (Lipinski definition) is 2. The number of rotatable bonds is 3. The maximum absolute atomic E-state index is 14.3. The van der Waals surface area contributed by atoms with E-state index in [9.17, 15) is 4.39 Å². The number of benzene rings is 1. The van der Waals surface area contributed by atoms with Crippen molar-refractivity contribution in [2.45, 2.75) is 44.7 Å². The Morgan fingerprint density at radius 2 is 2.11 bits per heavy atom. The van der Waals surface area contributed by atoms with E-state index in [0.717, 1.165) is 30.3 Å². The summed E-state index contributed by atoms with van der Waals surface area (Å²) in [7, 11) is 1.89. The van der Waals surface area contributed by atoms with E-state index in [-0.39, 0.29) is 5.82 Å². The number of nitrogens with zero attached hydrogens (tertiary/aromatic N) is 1.